The number of carbonyl (C=O) groups is 4. The van der Waals surface area contributed by atoms with Crippen molar-refractivity contribution < 1.29 is 23.6 Å². The zero-order chi connectivity index (χ0) is 22.0. The van der Waals surface area contributed by atoms with Crippen molar-refractivity contribution in [2.45, 2.75) is 13.5 Å². The van der Waals surface area contributed by atoms with Gasteiger partial charge in [-0.2, -0.15) is 0 Å². The molecule has 1 aliphatic heterocycles. The van der Waals surface area contributed by atoms with Gasteiger partial charge < -0.3 is 20.4 Å². The summed E-state index contributed by atoms with van der Waals surface area (Å²) in [6, 6.07) is 11.4. The highest BCUT2D eigenvalue weighted by Gasteiger charge is 2.28. The molecule has 0 atom stereocenters. The standard InChI is InChI=1S/C21H18N4O5S/c1-12-8-16(24-19(27)15-6-3-7-30-15)31-18(12)20(28)23-14-5-2-4-13(9-14)11-25-17(26)10-22-21(25)29/h2-9H,10-11H2,1H3,(H,22,29)(H,23,28)(H,24,27). The zero-order valence-electron chi connectivity index (χ0n) is 16.4. The van der Waals surface area contributed by atoms with Crippen molar-refractivity contribution in [1.29, 1.82) is 0 Å². The van der Waals surface area contributed by atoms with Gasteiger partial charge >= 0.3 is 6.03 Å². The molecule has 0 saturated carbocycles. The van der Waals surface area contributed by atoms with Crippen molar-refractivity contribution in [3.8, 4) is 0 Å². The summed E-state index contributed by atoms with van der Waals surface area (Å²) in [5, 5.41) is 8.53. The summed E-state index contributed by atoms with van der Waals surface area (Å²) >= 11 is 1.15. The topological polar surface area (TPSA) is 121 Å². The number of hydrogen-bond acceptors (Lipinski definition) is 6. The van der Waals surface area contributed by atoms with Crippen molar-refractivity contribution in [2.75, 3.05) is 17.2 Å². The van der Waals surface area contributed by atoms with Gasteiger partial charge in [-0.1, -0.05) is 12.1 Å². The van der Waals surface area contributed by atoms with Gasteiger partial charge in [0.25, 0.3) is 11.8 Å². The minimum Gasteiger partial charge on any atom is -0.459 e. The third-order valence-electron chi connectivity index (χ3n) is 4.57. The average Bonchev–Trinajstić information content (AvgIpc) is 3.46. The number of aryl methyl sites for hydroxylation is 1. The fourth-order valence-corrected chi connectivity index (χ4v) is 4.05. The first-order valence-corrected chi connectivity index (χ1v) is 10.2. The first-order valence-electron chi connectivity index (χ1n) is 9.34. The molecule has 1 aliphatic rings. The Bertz CT molecular complexity index is 1150. The first kappa shape index (κ1) is 20.4. The van der Waals surface area contributed by atoms with E-state index in [-0.39, 0.29) is 30.7 Å². The number of anilines is 2. The highest BCUT2D eigenvalue weighted by Crippen LogP contribution is 2.28. The summed E-state index contributed by atoms with van der Waals surface area (Å²) in [6.07, 6.45) is 1.41. The molecule has 2 aromatic heterocycles. The second-order valence-corrected chi connectivity index (χ2v) is 7.90. The molecule has 5 amide bonds. The molecular weight excluding hydrogens is 420 g/mol. The Morgan fingerprint density at radius 1 is 1.13 bits per heavy atom. The molecule has 3 N–H and O–H groups in total. The average molecular weight is 438 g/mol. The summed E-state index contributed by atoms with van der Waals surface area (Å²) in [5.74, 6) is -0.837. The zero-order valence-corrected chi connectivity index (χ0v) is 17.2. The van der Waals surface area contributed by atoms with E-state index >= 15 is 0 Å². The van der Waals surface area contributed by atoms with Crippen LogP contribution in [0.2, 0.25) is 0 Å². The van der Waals surface area contributed by atoms with E-state index < -0.39 is 11.9 Å². The maximum Gasteiger partial charge on any atom is 0.324 e. The molecule has 31 heavy (non-hydrogen) atoms. The van der Waals surface area contributed by atoms with Crippen LogP contribution in [0.25, 0.3) is 0 Å². The Kier molecular flexibility index (Phi) is 5.54. The Labute approximate surface area is 181 Å². The number of hydrogen-bond donors (Lipinski definition) is 3. The van der Waals surface area contributed by atoms with Crippen molar-refractivity contribution in [1.82, 2.24) is 10.2 Å². The Balaban J connectivity index is 1.44. The largest absolute Gasteiger partial charge is 0.459 e. The van der Waals surface area contributed by atoms with Crippen LogP contribution in [-0.2, 0) is 11.3 Å². The second-order valence-electron chi connectivity index (χ2n) is 6.85. The Hall–Kier alpha value is -3.92. The molecule has 3 heterocycles. The lowest BCUT2D eigenvalue weighted by Crippen LogP contribution is -2.30. The molecule has 3 aromatic rings. The van der Waals surface area contributed by atoms with Crippen LogP contribution in [0, 0.1) is 6.92 Å². The van der Waals surface area contributed by atoms with Gasteiger partial charge in [0.2, 0.25) is 5.91 Å². The number of carbonyl (C=O) groups excluding carboxylic acids is 4. The molecule has 0 spiro atoms. The van der Waals surface area contributed by atoms with Crippen molar-refractivity contribution in [3.05, 3.63) is 70.5 Å². The van der Waals surface area contributed by atoms with E-state index in [9.17, 15) is 19.2 Å². The van der Waals surface area contributed by atoms with Crippen LogP contribution in [0.15, 0.2) is 53.1 Å². The van der Waals surface area contributed by atoms with E-state index in [2.05, 4.69) is 16.0 Å². The van der Waals surface area contributed by atoms with Gasteiger partial charge in [-0.3, -0.25) is 19.3 Å². The maximum atomic E-state index is 12.8. The summed E-state index contributed by atoms with van der Waals surface area (Å²) < 4.78 is 5.07. The normalized spacial score (nSPS) is 13.3. The third-order valence-corrected chi connectivity index (χ3v) is 5.72. The minimum absolute atomic E-state index is 0.00823. The van der Waals surface area contributed by atoms with Gasteiger partial charge in [0.15, 0.2) is 5.76 Å². The minimum atomic E-state index is -0.433. The quantitative estimate of drug-likeness (QED) is 0.511. The number of nitrogens with zero attached hydrogens (tertiary/aromatic N) is 1. The molecule has 1 fully saturated rings. The fraction of sp³-hybridized carbons (Fsp3) is 0.143. The van der Waals surface area contributed by atoms with E-state index in [1.54, 1.807) is 49.4 Å². The number of furan rings is 1. The number of amides is 5. The smallest absolute Gasteiger partial charge is 0.324 e. The van der Waals surface area contributed by atoms with Crippen LogP contribution in [-0.4, -0.2) is 35.2 Å². The van der Waals surface area contributed by atoms with Crippen LogP contribution >= 0.6 is 11.3 Å². The van der Waals surface area contributed by atoms with Gasteiger partial charge in [0.05, 0.1) is 29.2 Å². The highest BCUT2D eigenvalue weighted by molar-refractivity contribution is 7.18. The summed E-state index contributed by atoms with van der Waals surface area (Å²) in [4.78, 5) is 50.0. The Morgan fingerprint density at radius 2 is 1.97 bits per heavy atom. The monoisotopic (exact) mass is 438 g/mol. The van der Waals surface area contributed by atoms with Crippen molar-refractivity contribution in [2.24, 2.45) is 0 Å². The van der Waals surface area contributed by atoms with E-state index in [4.69, 9.17) is 4.42 Å². The van der Waals surface area contributed by atoms with E-state index in [1.165, 1.54) is 6.26 Å². The predicted octanol–water partition coefficient (Wildman–Crippen LogP) is 3.21. The molecule has 0 radical (unpaired) electrons. The number of benzene rings is 1. The lowest BCUT2D eigenvalue weighted by molar-refractivity contribution is -0.125. The molecule has 4 rings (SSSR count). The highest BCUT2D eigenvalue weighted by atomic mass is 32.1. The summed E-state index contributed by atoms with van der Waals surface area (Å²) in [7, 11) is 0. The number of imide groups is 1. The maximum absolute atomic E-state index is 12.8. The van der Waals surface area contributed by atoms with Crippen molar-refractivity contribution in [3.63, 3.8) is 0 Å². The lowest BCUT2D eigenvalue weighted by atomic mass is 10.2. The third kappa shape index (κ3) is 4.48. The van der Waals surface area contributed by atoms with Crippen LogP contribution in [0.1, 0.15) is 31.4 Å². The lowest BCUT2D eigenvalue weighted by Gasteiger charge is -2.13. The van der Waals surface area contributed by atoms with Crippen molar-refractivity contribution >= 4 is 45.8 Å². The molecule has 1 saturated heterocycles. The second kappa shape index (κ2) is 8.44. The van der Waals surface area contributed by atoms with E-state index in [1.807, 2.05) is 0 Å². The molecule has 158 valence electrons. The summed E-state index contributed by atoms with van der Waals surface area (Å²) in [5.41, 5.74) is 1.95. The Morgan fingerprint density at radius 3 is 2.68 bits per heavy atom. The summed E-state index contributed by atoms with van der Waals surface area (Å²) in [6.45, 7) is 1.89. The van der Waals surface area contributed by atoms with Crippen LogP contribution < -0.4 is 16.0 Å². The van der Waals surface area contributed by atoms with Gasteiger partial charge in [-0.05, 0) is 48.4 Å². The molecular formula is C21H18N4O5S. The van der Waals surface area contributed by atoms with Gasteiger partial charge in [-0.15, -0.1) is 11.3 Å². The number of urea groups is 1. The van der Waals surface area contributed by atoms with E-state index in [0.29, 0.717) is 26.7 Å². The molecule has 0 bridgehead atoms. The predicted molar refractivity (Wildman–Crippen MR) is 114 cm³/mol. The van der Waals surface area contributed by atoms with E-state index in [0.717, 1.165) is 16.2 Å². The molecule has 0 unspecified atom stereocenters. The first-order chi connectivity index (χ1) is 14.9. The number of rotatable bonds is 6. The van der Waals surface area contributed by atoms with Crippen LogP contribution in [0.4, 0.5) is 15.5 Å². The fourth-order valence-electron chi connectivity index (χ4n) is 3.08. The van der Waals surface area contributed by atoms with Gasteiger partial charge in [0.1, 0.15) is 0 Å². The number of thiophene rings is 1. The number of nitrogens with one attached hydrogen (secondary N) is 3. The van der Waals surface area contributed by atoms with Crippen LogP contribution in [0.3, 0.4) is 0 Å². The molecule has 9 nitrogen and oxygen atoms in total. The van der Waals surface area contributed by atoms with Gasteiger partial charge in [0, 0.05) is 5.69 Å². The molecule has 10 heteroatoms. The van der Waals surface area contributed by atoms with Gasteiger partial charge in [-0.25, -0.2) is 4.79 Å². The SMILES string of the molecule is Cc1cc(NC(=O)c2ccco2)sc1C(=O)Nc1cccc(CN2C(=O)CNC2=O)c1. The van der Waals surface area contributed by atoms with Crippen LogP contribution in [0.5, 0.6) is 0 Å². The molecule has 0 aliphatic carbocycles. The molecule has 1 aromatic carbocycles.